The molecule has 1 aromatic heterocycles. The van der Waals surface area contributed by atoms with Crippen molar-refractivity contribution in [2.45, 2.75) is 10.8 Å². The maximum absolute atomic E-state index is 11.8. The van der Waals surface area contributed by atoms with Gasteiger partial charge in [-0.05, 0) is 17.8 Å². The van der Waals surface area contributed by atoms with Crippen LogP contribution < -0.4 is 0 Å². The summed E-state index contributed by atoms with van der Waals surface area (Å²) in [5.41, 5.74) is -0.210. The summed E-state index contributed by atoms with van der Waals surface area (Å²) in [5.74, 6) is -2.56. The number of alkyl halides is 2. The van der Waals surface area contributed by atoms with E-state index in [9.17, 15) is 18.9 Å². The van der Waals surface area contributed by atoms with Crippen LogP contribution in [-0.2, 0) is 0 Å². The molecule has 7 heteroatoms. The van der Waals surface area contributed by atoms with E-state index in [1.165, 1.54) is 6.07 Å². The van der Waals surface area contributed by atoms with Crippen molar-refractivity contribution >= 4 is 17.4 Å². The summed E-state index contributed by atoms with van der Waals surface area (Å²) in [5, 5.41) is 10.2. The maximum Gasteiger partial charge on any atom is 0.290 e. The van der Waals surface area contributed by atoms with E-state index < -0.39 is 10.7 Å². The van der Waals surface area contributed by atoms with E-state index in [0.29, 0.717) is 0 Å². The Morgan fingerprint density at radius 1 is 1.54 bits per heavy atom. The van der Waals surface area contributed by atoms with Crippen LogP contribution in [0.15, 0.2) is 23.4 Å². The van der Waals surface area contributed by atoms with Crippen LogP contribution in [-0.4, -0.2) is 15.7 Å². The molecule has 0 aromatic carbocycles. The van der Waals surface area contributed by atoms with Gasteiger partial charge in [0, 0.05) is 6.07 Å². The van der Waals surface area contributed by atoms with Gasteiger partial charge in [-0.25, -0.2) is 4.98 Å². The second kappa shape index (κ2) is 4.13. The lowest BCUT2D eigenvalue weighted by Gasteiger charge is -1.97. The standard InChI is InChI=1S/C6H4F2N2O2S/c7-6(8)13-5-2-1-4(3-9-5)10(11)12/h1-3,6H. The zero-order valence-corrected chi connectivity index (χ0v) is 7.00. The van der Waals surface area contributed by atoms with Gasteiger partial charge in [0.2, 0.25) is 0 Å². The summed E-state index contributed by atoms with van der Waals surface area (Å²) >= 11 is 0.252. The molecule has 4 nitrogen and oxygen atoms in total. The Kier molecular flexibility index (Phi) is 3.13. The number of nitrogens with zero attached hydrogens (tertiary/aromatic N) is 2. The van der Waals surface area contributed by atoms with Crippen molar-refractivity contribution in [1.29, 1.82) is 0 Å². The van der Waals surface area contributed by atoms with Gasteiger partial charge >= 0.3 is 0 Å². The molecule has 0 unspecified atom stereocenters. The van der Waals surface area contributed by atoms with Crippen LogP contribution in [0.4, 0.5) is 14.5 Å². The van der Waals surface area contributed by atoms with Crippen molar-refractivity contribution in [2.24, 2.45) is 0 Å². The molecule has 0 aliphatic rings. The van der Waals surface area contributed by atoms with Crippen molar-refractivity contribution in [3.8, 4) is 0 Å². The van der Waals surface area contributed by atoms with Crippen LogP contribution >= 0.6 is 11.8 Å². The lowest BCUT2D eigenvalue weighted by atomic mass is 10.4. The molecule has 1 heterocycles. The van der Waals surface area contributed by atoms with Gasteiger partial charge < -0.3 is 0 Å². The molecule has 0 amide bonds. The van der Waals surface area contributed by atoms with Crippen LogP contribution in [0.2, 0.25) is 0 Å². The van der Waals surface area contributed by atoms with Gasteiger partial charge in [-0.1, -0.05) is 0 Å². The SMILES string of the molecule is O=[N+]([O-])c1ccc(SC(F)F)nc1. The number of pyridine rings is 1. The number of nitro groups is 1. The Labute approximate surface area is 76.1 Å². The van der Waals surface area contributed by atoms with Crippen molar-refractivity contribution in [2.75, 3.05) is 0 Å². The first-order chi connectivity index (χ1) is 6.09. The first kappa shape index (κ1) is 9.85. The number of aromatic nitrogens is 1. The topological polar surface area (TPSA) is 56.0 Å². The molecular weight excluding hydrogens is 202 g/mol. The predicted molar refractivity (Wildman–Crippen MR) is 42.8 cm³/mol. The van der Waals surface area contributed by atoms with Crippen LogP contribution in [0.1, 0.15) is 0 Å². The second-order valence-corrected chi connectivity index (χ2v) is 3.00. The molecule has 0 N–H and O–H groups in total. The van der Waals surface area contributed by atoms with Gasteiger partial charge in [0.05, 0.1) is 4.92 Å². The Morgan fingerprint density at radius 3 is 2.62 bits per heavy atom. The zero-order chi connectivity index (χ0) is 9.84. The number of thioether (sulfide) groups is 1. The molecule has 0 bridgehead atoms. The number of hydrogen-bond donors (Lipinski definition) is 0. The van der Waals surface area contributed by atoms with Gasteiger partial charge in [-0.2, -0.15) is 8.78 Å². The molecule has 0 saturated carbocycles. The Morgan fingerprint density at radius 2 is 2.23 bits per heavy atom. The molecule has 0 fully saturated rings. The molecule has 13 heavy (non-hydrogen) atoms. The van der Waals surface area contributed by atoms with Crippen molar-refractivity contribution in [3.63, 3.8) is 0 Å². The van der Waals surface area contributed by atoms with Crippen molar-refractivity contribution in [1.82, 2.24) is 4.98 Å². The summed E-state index contributed by atoms with van der Waals surface area (Å²) in [6.45, 7) is 0. The lowest BCUT2D eigenvalue weighted by molar-refractivity contribution is -0.385. The summed E-state index contributed by atoms with van der Waals surface area (Å²) in [4.78, 5) is 13.0. The van der Waals surface area contributed by atoms with E-state index in [1.807, 2.05) is 0 Å². The third kappa shape index (κ3) is 2.94. The molecule has 0 aliphatic heterocycles. The van der Waals surface area contributed by atoms with E-state index in [2.05, 4.69) is 4.98 Å². The Bertz CT molecular complexity index is 304. The third-order valence-corrected chi connectivity index (χ3v) is 1.80. The average molecular weight is 206 g/mol. The molecule has 70 valence electrons. The molecule has 0 radical (unpaired) electrons. The van der Waals surface area contributed by atoms with Gasteiger partial charge in [0.1, 0.15) is 11.2 Å². The van der Waals surface area contributed by atoms with Gasteiger partial charge in [0.25, 0.3) is 11.4 Å². The lowest BCUT2D eigenvalue weighted by Crippen LogP contribution is -1.90. The third-order valence-electron chi connectivity index (χ3n) is 1.14. The largest absolute Gasteiger partial charge is 0.290 e. The second-order valence-electron chi connectivity index (χ2n) is 1.99. The molecular formula is C6H4F2N2O2S. The van der Waals surface area contributed by atoms with E-state index in [-0.39, 0.29) is 22.5 Å². The van der Waals surface area contributed by atoms with Gasteiger partial charge in [0.15, 0.2) is 0 Å². The van der Waals surface area contributed by atoms with Crippen LogP contribution in [0, 0.1) is 10.1 Å². The predicted octanol–water partition coefficient (Wildman–Crippen LogP) is 2.30. The first-order valence-electron chi connectivity index (χ1n) is 3.15. The minimum atomic E-state index is -2.56. The van der Waals surface area contributed by atoms with E-state index in [1.54, 1.807) is 0 Å². The fourth-order valence-corrected chi connectivity index (χ4v) is 1.08. The normalized spacial score (nSPS) is 10.4. The minimum Gasteiger partial charge on any atom is -0.258 e. The molecule has 0 spiro atoms. The fourth-order valence-electron chi connectivity index (χ4n) is 0.641. The fraction of sp³-hybridized carbons (Fsp3) is 0.167. The van der Waals surface area contributed by atoms with E-state index in [0.717, 1.165) is 12.3 Å². The first-order valence-corrected chi connectivity index (χ1v) is 4.03. The summed E-state index contributed by atoms with van der Waals surface area (Å²) in [7, 11) is 0. The average Bonchev–Trinajstić information content (AvgIpc) is 2.04. The highest BCUT2D eigenvalue weighted by Crippen LogP contribution is 2.23. The molecule has 0 aliphatic carbocycles. The monoisotopic (exact) mass is 206 g/mol. The van der Waals surface area contributed by atoms with Crippen LogP contribution in [0.3, 0.4) is 0 Å². The summed E-state index contributed by atoms with van der Waals surface area (Å²) in [6, 6.07) is 2.33. The smallest absolute Gasteiger partial charge is 0.258 e. The molecule has 1 rings (SSSR count). The van der Waals surface area contributed by atoms with Crippen molar-refractivity contribution in [3.05, 3.63) is 28.4 Å². The van der Waals surface area contributed by atoms with Crippen LogP contribution in [0.5, 0.6) is 0 Å². The Balaban J connectivity index is 2.75. The molecule has 1 aromatic rings. The number of rotatable bonds is 3. The highest BCUT2D eigenvalue weighted by Gasteiger charge is 2.09. The van der Waals surface area contributed by atoms with Gasteiger partial charge in [-0.15, -0.1) is 0 Å². The quantitative estimate of drug-likeness (QED) is 0.432. The summed E-state index contributed by atoms with van der Waals surface area (Å²) in [6.07, 6.45) is 0.949. The minimum absolute atomic E-state index is 0.0700. The molecule has 0 atom stereocenters. The van der Waals surface area contributed by atoms with Gasteiger partial charge in [-0.3, -0.25) is 10.1 Å². The number of hydrogen-bond acceptors (Lipinski definition) is 4. The highest BCUT2D eigenvalue weighted by atomic mass is 32.2. The maximum atomic E-state index is 11.8. The Hall–Kier alpha value is -1.24. The number of halogens is 2. The zero-order valence-electron chi connectivity index (χ0n) is 6.18. The van der Waals surface area contributed by atoms with Crippen molar-refractivity contribution < 1.29 is 13.7 Å². The van der Waals surface area contributed by atoms with Crippen LogP contribution in [0.25, 0.3) is 0 Å². The van der Waals surface area contributed by atoms with E-state index >= 15 is 0 Å². The van der Waals surface area contributed by atoms with E-state index in [4.69, 9.17) is 0 Å². The summed E-state index contributed by atoms with van der Waals surface area (Å²) < 4.78 is 23.5. The molecule has 0 saturated heterocycles. The highest BCUT2D eigenvalue weighted by molar-refractivity contribution is 7.99.